The van der Waals surface area contributed by atoms with Crippen molar-refractivity contribution >= 4 is 27.8 Å². The molecular weight excluding hydrogens is 883 g/mol. The van der Waals surface area contributed by atoms with Crippen LogP contribution in [0.3, 0.4) is 0 Å². The third-order valence-electron chi connectivity index (χ3n) is 14.9. The third-order valence-corrected chi connectivity index (χ3v) is 14.9. The van der Waals surface area contributed by atoms with Crippen LogP contribution in [0.25, 0.3) is 77.5 Å². The number of nitrogens with zero attached hydrogens (tertiary/aromatic N) is 1. The maximum absolute atomic E-state index is 11.0. The zero-order valence-corrected chi connectivity index (χ0v) is 40.1. The predicted molar refractivity (Wildman–Crippen MR) is 305 cm³/mol. The number of rotatable bonds is 10. The third kappa shape index (κ3) is 7.51. The van der Waals surface area contributed by atoms with E-state index in [0.29, 0.717) is 0 Å². The number of phenols is 1. The van der Waals surface area contributed by atoms with E-state index in [4.69, 9.17) is 0 Å². The van der Waals surface area contributed by atoms with Crippen LogP contribution in [-0.4, -0.2) is 5.11 Å². The average Bonchev–Trinajstić information content (AvgIpc) is 3.77. The Morgan fingerprint density at radius 1 is 0.274 bits per heavy atom. The molecule has 0 unspecified atom stereocenters. The first kappa shape index (κ1) is 43.5. The van der Waals surface area contributed by atoms with Crippen LogP contribution in [0.1, 0.15) is 22.3 Å². The number of hydrogen-bond acceptors (Lipinski definition) is 2. The molecule has 73 heavy (non-hydrogen) atoms. The highest BCUT2D eigenvalue weighted by Crippen LogP contribution is 2.59. The van der Waals surface area contributed by atoms with E-state index >= 15 is 0 Å². The molecule has 12 aromatic carbocycles. The van der Waals surface area contributed by atoms with Gasteiger partial charge in [0, 0.05) is 22.4 Å². The van der Waals surface area contributed by atoms with E-state index in [1.807, 2.05) is 18.2 Å². The summed E-state index contributed by atoms with van der Waals surface area (Å²) < 4.78 is 0. The molecule has 12 aromatic rings. The van der Waals surface area contributed by atoms with Gasteiger partial charge in [0.25, 0.3) is 0 Å². The van der Waals surface area contributed by atoms with E-state index in [1.165, 1.54) is 60.8 Å². The molecule has 2 nitrogen and oxygen atoms in total. The summed E-state index contributed by atoms with van der Waals surface area (Å²) in [5, 5.41) is 13.5. The van der Waals surface area contributed by atoms with E-state index in [9.17, 15) is 5.11 Å². The molecule has 0 bridgehead atoms. The minimum atomic E-state index is -0.534. The van der Waals surface area contributed by atoms with Gasteiger partial charge in [0.15, 0.2) is 0 Å². The summed E-state index contributed by atoms with van der Waals surface area (Å²) in [5.41, 5.74) is 20.9. The Morgan fingerprint density at radius 2 is 0.740 bits per heavy atom. The zero-order chi connectivity index (χ0) is 48.7. The van der Waals surface area contributed by atoms with Gasteiger partial charge in [-0.3, -0.25) is 0 Å². The molecule has 1 N–H and O–H groups in total. The summed E-state index contributed by atoms with van der Waals surface area (Å²) in [6, 6.07) is 105. The van der Waals surface area contributed by atoms with Crippen LogP contribution in [0.5, 0.6) is 5.75 Å². The van der Waals surface area contributed by atoms with E-state index in [2.05, 4.69) is 272 Å². The highest BCUT2D eigenvalue weighted by molar-refractivity contribution is 6.01. The van der Waals surface area contributed by atoms with E-state index in [0.717, 1.165) is 56.0 Å². The van der Waals surface area contributed by atoms with Gasteiger partial charge >= 0.3 is 0 Å². The molecule has 0 atom stereocenters. The predicted octanol–water partition coefficient (Wildman–Crippen LogP) is 18.7. The van der Waals surface area contributed by atoms with E-state index in [1.54, 1.807) is 6.07 Å². The Balaban J connectivity index is 0.985. The van der Waals surface area contributed by atoms with Crippen molar-refractivity contribution in [2.24, 2.45) is 0 Å². The summed E-state index contributed by atoms with van der Waals surface area (Å²) in [4.78, 5) is 2.44. The smallest absolute Gasteiger partial charge is 0.123 e. The molecule has 0 saturated carbocycles. The number of para-hydroxylation sites is 3. The highest BCUT2D eigenvalue weighted by Gasteiger charge is 2.47. The molecule has 1 aliphatic rings. The number of benzene rings is 12. The molecule has 0 fully saturated rings. The van der Waals surface area contributed by atoms with Crippen LogP contribution in [0.2, 0.25) is 0 Å². The van der Waals surface area contributed by atoms with Gasteiger partial charge in [0.1, 0.15) is 5.75 Å². The topological polar surface area (TPSA) is 23.5 Å². The molecular formula is C71H49NO. The molecule has 0 aliphatic heterocycles. The van der Waals surface area contributed by atoms with E-state index in [-0.39, 0.29) is 5.75 Å². The summed E-state index contributed by atoms with van der Waals surface area (Å²) in [7, 11) is 0. The Hall–Kier alpha value is -9.50. The molecule has 2 heteroatoms. The van der Waals surface area contributed by atoms with Crippen LogP contribution < -0.4 is 4.90 Å². The summed E-state index contributed by atoms with van der Waals surface area (Å²) in [6.45, 7) is 0. The number of anilines is 3. The second-order valence-corrected chi connectivity index (χ2v) is 18.9. The molecule has 0 heterocycles. The lowest BCUT2D eigenvalue weighted by Crippen LogP contribution is -2.28. The summed E-state index contributed by atoms with van der Waals surface area (Å²) >= 11 is 0. The minimum Gasteiger partial charge on any atom is -0.507 e. The Morgan fingerprint density at radius 3 is 1.42 bits per heavy atom. The first-order valence-electron chi connectivity index (χ1n) is 25.0. The molecule has 0 spiro atoms. The molecule has 0 radical (unpaired) electrons. The Bertz CT molecular complexity index is 3930. The number of hydrogen-bond donors (Lipinski definition) is 1. The number of fused-ring (bicyclic) bond motifs is 4. The molecule has 344 valence electrons. The average molecular weight is 932 g/mol. The van der Waals surface area contributed by atoms with Gasteiger partial charge in [-0.05, 0) is 126 Å². The molecule has 1 aliphatic carbocycles. The second kappa shape index (κ2) is 18.4. The number of phenolic OH excluding ortho intramolecular Hbond substituents is 1. The normalized spacial score (nSPS) is 12.3. The molecule has 0 aromatic heterocycles. The van der Waals surface area contributed by atoms with Crippen molar-refractivity contribution in [2.75, 3.05) is 4.90 Å². The maximum atomic E-state index is 11.0. The SMILES string of the molecule is Oc1ccccc1-c1cccc(-c2ccccc2N(c2ccc(-c3ccc(-c4ccc5ccccc5c4)cc3)cc2)c2ccccc2-c2cccc3c2-c2ccccc2C3(c2ccccc2)c2ccccc2)c1. The van der Waals surface area contributed by atoms with Crippen LogP contribution in [0.4, 0.5) is 17.1 Å². The quantitative estimate of drug-likeness (QED) is 0.148. The standard InChI is InChI=1S/C71H49NO/c73-69-36-16-12-28-61(69)56-22-17-21-55(48-56)60-27-10-14-34-67(60)72(59-45-43-51(44-46-59)50-37-39-52(40-38-50)54-42-41-49-19-7-8-20-53(49)47-54)68-35-15-11-29-62(68)63-31-18-33-66-70(63)64-30-9-13-32-65(64)71(66,57-23-3-1-4-24-57)58-25-5-2-6-26-58/h1-48,73H. The van der Waals surface area contributed by atoms with Crippen LogP contribution >= 0.6 is 0 Å². The fourth-order valence-corrected chi connectivity index (χ4v) is 11.5. The lowest BCUT2D eigenvalue weighted by molar-refractivity contribution is 0.477. The van der Waals surface area contributed by atoms with Gasteiger partial charge in [0.05, 0.1) is 16.8 Å². The fourth-order valence-electron chi connectivity index (χ4n) is 11.5. The van der Waals surface area contributed by atoms with Gasteiger partial charge < -0.3 is 10.0 Å². The molecule has 0 amide bonds. The van der Waals surface area contributed by atoms with Gasteiger partial charge in [-0.15, -0.1) is 0 Å². The van der Waals surface area contributed by atoms with Gasteiger partial charge in [-0.1, -0.05) is 249 Å². The number of aromatic hydroxyl groups is 1. The van der Waals surface area contributed by atoms with Crippen molar-refractivity contribution in [1.29, 1.82) is 0 Å². The highest BCUT2D eigenvalue weighted by atomic mass is 16.3. The van der Waals surface area contributed by atoms with Crippen molar-refractivity contribution in [3.63, 3.8) is 0 Å². The Labute approximate surface area is 427 Å². The molecule has 0 saturated heterocycles. The largest absolute Gasteiger partial charge is 0.507 e. The monoisotopic (exact) mass is 931 g/mol. The summed E-state index contributed by atoms with van der Waals surface area (Å²) in [5.74, 6) is 0.257. The molecule has 13 rings (SSSR count). The van der Waals surface area contributed by atoms with Crippen molar-refractivity contribution < 1.29 is 5.11 Å². The van der Waals surface area contributed by atoms with Gasteiger partial charge in [0.2, 0.25) is 0 Å². The fraction of sp³-hybridized carbons (Fsp3) is 0.0141. The lowest BCUT2D eigenvalue weighted by Gasteiger charge is -2.34. The lowest BCUT2D eigenvalue weighted by atomic mass is 9.67. The van der Waals surface area contributed by atoms with Crippen molar-refractivity contribution in [2.45, 2.75) is 5.41 Å². The summed E-state index contributed by atoms with van der Waals surface area (Å²) in [6.07, 6.45) is 0. The van der Waals surface area contributed by atoms with Gasteiger partial charge in [-0.2, -0.15) is 0 Å². The van der Waals surface area contributed by atoms with Crippen molar-refractivity contribution in [1.82, 2.24) is 0 Å². The first-order valence-corrected chi connectivity index (χ1v) is 25.0. The second-order valence-electron chi connectivity index (χ2n) is 18.9. The van der Waals surface area contributed by atoms with Gasteiger partial charge in [-0.25, -0.2) is 0 Å². The van der Waals surface area contributed by atoms with Crippen LogP contribution in [0, 0.1) is 0 Å². The van der Waals surface area contributed by atoms with Crippen molar-refractivity contribution in [3.8, 4) is 72.5 Å². The minimum absolute atomic E-state index is 0.257. The first-order chi connectivity index (χ1) is 36.1. The van der Waals surface area contributed by atoms with Crippen molar-refractivity contribution in [3.05, 3.63) is 313 Å². The van der Waals surface area contributed by atoms with Crippen LogP contribution in [0.15, 0.2) is 291 Å². The van der Waals surface area contributed by atoms with Crippen LogP contribution in [-0.2, 0) is 5.41 Å². The Kier molecular flexibility index (Phi) is 10.9. The zero-order valence-electron chi connectivity index (χ0n) is 40.1. The van der Waals surface area contributed by atoms with E-state index < -0.39 is 5.41 Å². The maximum Gasteiger partial charge on any atom is 0.123 e.